The molecule has 0 saturated carbocycles. The van der Waals surface area contributed by atoms with Crippen LogP contribution in [0.2, 0.25) is 0 Å². The SMILES string of the molecule is COc1ccc([C@H](NC(=O)[C@H]2CCC(=O)N2)c2nccn2C)cc1. The predicted octanol–water partition coefficient (Wildman–Crippen LogP) is 0.913. The van der Waals surface area contributed by atoms with Gasteiger partial charge in [0.2, 0.25) is 11.8 Å². The Balaban J connectivity index is 1.86. The van der Waals surface area contributed by atoms with E-state index in [1.165, 1.54) is 0 Å². The molecule has 0 unspecified atom stereocenters. The number of nitrogens with zero attached hydrogens (tertiary/aromatic N) is 2. The van der Waals surface area contributed by atoms with E-state index in [1.807, 2.05) is 42.1 Å². The summed E-state index contributed by atoms with van der Waals surface area (Å²) in [5.41, 5.74) is 0.891. The van der Waals surface area contributed by atoms with Crippen LogP contribution in [-0.2, 0) is 16.6 Å². The van der Waals surface area contributed by atoms with Crippen LogP contribution in [0.15, 0.2) is 36.7 Å². The fraction of sp³-hybridized carbons (Fsp3) is 0.353. The number of imidazole rings is 1. The largest absolute Gasteiger partial charge is 0.497 e. The highest BCUT2D eigenvalue weighted by Gasteiger charge is 2.30. The zero-order valence-corrected chi connectivity index (χ0v) is 13.7. The van der Waals surface area contributed by atoms with Gasteiger partial charge in [0, 0.05) is 25.9 Å². The van der Waals surface area contributed by atoms with Gasteiger partial charge < -0.3 is 19.9 Å². The number of benzene rings is 1. The molecule has 2 atom stereocenters. The average molecular weight is 328 g/mol. The van der Waals surface area contributed by atoms with E-state index < -0.39 is 12.1 Å². The smallest absolute Gasteiger partial charge is 0.243 e. The third-order valence-corrected chi connectivity index (χ3v) is 4.16. The average Bonchev–Trinajstić information content (AvgIpc) is 3.21. The summed E-state index contributed by atoms with van der Waals surface area (Å²) in [6, 6.07) is 6.58. The van der Waals surface area contributed by atoms with Gasteiger partial charge in [-0.3, -0.25) is 9.59 Å². The fourth-order valence-corrected chi connectivity index (χ4v) is 2.80. The Kier molecular flexibility index (Phi) is 4.50. The lowest BCUT2D eigenvalue weighted by molar-refractivity contribution is -0.126. The zero-order valence-electron chi connectivity index (χ0n) is 13.7. The van der Waals surface area contributed by atoms with E-state index in [0.717, 1.165) is 17.1 Å². The van der Waals surface area contributed by atoms with Gasteiger partial charge in [-0.05, 0) is 24.1 Å². The standard InChI is InChI=1S/C17H20N4O3/c1-21-10-9-18-16(21)15(11-3-5-12(24-2)6-4-11)20-17(23)13-7-8-14(22)19-13/h3-6,9-10,13,15H,7-8H2,1-2H3,(H,19,22)(H,20,23)/t13-,15+/m1/s1. The van der Waals surface area contributed by atoms with E-state index in [4.69, 9.17) is 4.74 Å². The number of hydrogen-bond donors (Lipinski definition) is 2. The summed E-state index contributed by atoms with van der Waals surface area (Å²) in [5.74, 6) is 1.17. The van der Waals surface area contributed by atoms with Gasteiger partial charge in [-0.1, -0.05) is 12.1 Å². The van der Waals surface area contributed by atoms with E-state index in [-0.39, 0.29) is 11.8 Å². The number of aromatic nitrogens is 2. The molecule has 126 valence electrons. The lowest BCUT2D eigenvalue weighted by atomic mass is 10.0. The van der Waals surface area contributed by atoms with Crippen LogP contribution >= 0.6 is 0 Å². The molecule has 2 amide bonds. The second-order valence-corrected chi connectivity index (χ2v) is 5.77. The van der Waals surface area contributed by atoms with Crippen molar-refractivity contribution >= 4 is 11.8 Å². The molecule has 1 saturated heterocycles. The molecule has 0 aliphatic carbocycles. The maximum absolute atomic E-state index is 12.5. The first kappa shape index (κ1) is 16.0. The summed E-state index contributed by atoms with van der Waals surface area (Å²) >= 11 is 0. The van der Waals surface area contributed by atoms with Crippen LogP contribution < -0.4 is 15.4 Å². The maximum atomic E-state index is 12.5. The Hall–Kier alpha value is -2.83. The fourth-order valence-electron chi connectivity index (χ4n) is 2.80. The van der Waals surface area contributed by atoms with E-state index >= 15 is 0 Å². The maximum Gasteiger partial charge on any atom is 0.243 e. The number of rotatable bonds is 5. The third-order valence-electron chi connectivity index (χ3n) is 4.16. The lowest BCUT2D eigenvalue weighted by Gasteiger charge is -2.21. The van der Waals surface area contributed by atoms with Gasteiger partial charge in [0.25, 0.3) is 0 Å². The van der Waals surface area contributed by atoms with Crippen molar-refractivity contribution in [1.29, 1.82) is 0 Å². The molecule has 1 fully saturated rings. The van der Waals surface area contributed by atoms with Crippen molar-refractivity contribution in [3.05, 3.63) is 48.0 Å². The molecule has 1 aliphatic heterocycles. The van der Waals surface area contributed by atoms with Crippen LogP contribution in [0.3, 0.4) is 0 Å². The van der Waals surface area contributed by atoms with Crippen molar-refractivity contribution in [1.82, 2.24) is 20.2 Å². The van der Waals surface area contributed by atoms with Crippen LogP contribution in [0, 0.1) is 0 Å². The third kappa shape index (κ3) is 3.24. The normalized spacial score (nSPS) is 18.1. The van der Waals surface area contributed by atoms with Crippen LogP contribution in [-0.4, -0.2) is 34.5 Å². The number of nitrogens with one attached hydrogen (secondary N) is 2. The van der Waals surface area contributed by atoms with E-state index in [1.54, 1.807) is 13.3 Å². The molecule has 1 aromatic heterocycles. The van der Waals surface area contributed by atoms with Crippen LogP contribution in [0.5, 0.6) is 5.75 Å². The predicted molar refractivity (Wildman–Crippen MR) is 87.4 cm³/mol. The number of carbonyl (C=O) groups is 2. The Labute approximate surface area is 140 Å². The number of amides is 2. The van der Waals surface area contributed by atoms with Gasteiger partial charge in [0.05, 0.1) is 7.11 Å². The highest BCUT2D eigenvalue weighted by molar-refractivity contribution is 5.91. The van der Waals surface area contributed by atoms with Crippen LogP contribution in [0.1, 0.15) is 30.3 Å². The van der Waals surface area contributed by atoms with Gasteiger partial charge in [0.1, 0.15) is 23.7 Å². The van der Waals surface area contributed by atoms with Crippen LogP contribution in [0.4, 0.5) is 0 Å². The topological polar surface area (TPSA) is 85.2 Å². The number of ether oxygens (including phenoxy) is 1. The number of hydrogen-bond acceptors (Lipinski definition) is 4. The van der Waals surface area contributed by atoms with E-state index in [0.29, 0.717) is 12.8 Å². The molecule has 1 aromatic carbocycles. The minimum absolute atomic E-state index is 0.0897. The van der Waals surface area contributed by atoms with Crippen molar-refractivity contribution in [3.63, 3.8) is 0 Å². The second-order valence-electron chi connectivity index (χ2n) is 5.77. The molecule has 0 radical (unpaired) electrons. The molecule has 7 nitrogen and oxygen atoms in total. The molecule has 2 N–H and O–H groups in total. The summed E-state index contributed by atoms with van der Waals surface area (Å²) in [6.45, 7) is 0. The molecule has 3 rings (SSSR count). The second kappa shape index (κ2) is 6.74. The van der Waals surface area contributed by atoms with Gasteiger partial charge >= 0.3 is 0 Å². The molecular weight excluding hydrogens is 308 g/mol. The first-order valence-electron chi connectivity index (χ1n) is 7.79. The quantitative estimate of drug-likeness (QED) is 0.854. The van der Waals surface area contributed by atoms with Crippen LogP contribution in [0.25, 0.3) is 0 Å². The molecule has 2 aromatic rings. The highest BCUT2D eigenvalue weighted by Crippen LogP contribution is 2.23. The molecule has 24 heavy (non-hydrogen) atoms. The Bertz CT molecular complexity index is 739. The molecule has 0 bridgehead atoms. The molecule has 7 heteroatoms. The lowest BCUT2D eigenvalue weighted by Crippen LogP contribution is -2.43. The Morgan fingerprint density at radius 1 is 1.42 bits per heavy atom. The molecule has 0 spiro atoms. The minimum Gasteiger partial charge on any atom is -0.497 e. The van der Waals surface area contributed by atoms with E-state index in [9.17, 15) is 9.59 Å². The van der Waals surface area contributed by atoms with Crippen molar-refractivity contribution in [2.24, 2.45) is 7.05 Å². The van der Waals surface area contributed by atoms with Gasteiger partial charge in [-0.15, -0.1) is 0 Å². The van der Waals surface area contributed by atoms with Crippen molar-refractivity contribution in [3.8, 4) is 5.75 Å². The molecular formula is C17H20N4O3. The van der Waals surface area contributed by atoms with Crippen molar-refractivity contribution in [2.45, 2.75) is 24.9 Å². The van der Waals surface area contributed by atoms with Gasteiger partial charge in [0.15, 0.2) is 0 Å². The van der Waals surface area contributed by atoms with Gasteiger partial charge in [-0.25, -0.2) is 4.98 Å². The number of aryl methyl sites for hydroxylation is 1. The monoisotopic (exact) mass is 328 g/mol. The van der Waals surface area contributed by atoms with Crippen molar-refractivity contribution in [2.75, 3.05) is 7.11 Å². The zero-order chi connectivity index (χ0) is 17.1. The summed E-state index contributed by atoms with van der Waals surface area (Å²) < 4.78 is 7.05. The molecule has 2 heterocycles. The first-order valence-corrected chi connectivity index (χ1v) is 7.79. The highest BCUT2D eigenvalue weighted by atomic mass is 16.5. The summed E-state index contributed by atoms with van der Waals surface area (Å²) in [6.07, 6.45) is 4.42. The minimum atomic E-state index is -0.487. The van der Waals surface area contributed by atoms with E-state index in [2.05, 4.69) is 15.6 Å². The summed E-state index contributed by atoms with van der Waals surface area (Å²) in [5, 5.41) is 5.69. The number of carbonyl (C=O) groups excluding carboxylic acids is 2. The first-order chi connectivity index (χ1) is 11.6. The Morgan fingerprint density at radius 2 is 2.17 bits per heavy atom. The number of methoxy groups -OCH3 is 1. The summed E-state index contributed by atoms with van der Waals surface area (Å²) in [7, 11) is 3.48. The van der Waals surface area contributed by atoms with Gasteiger partial charge in [-0.2, -0.15) is 0 Å². The van der Waals surface area contributed by atoms with Crippen molar-refractivity contribution < 1.29 is 14.3 Å². The summed E-state index contributed by atoms with van der Waals surface area (Å²) in [4.78, 5) is 28.2. The molecule has 1 aliphatic rings. The Morgan fingerprint density at radius 3 is 2.71 bits per heavy atom.